The predicted molar refractivity (Wildman–Crippen MR) is 184 cm³/mol. The van der Waals surface area contributed by atoms with Gasteiger partial charge in [-0.3, -0.25) is 43.2 Å². The van der Waals surface area contributed by atoms with Crippen molar-refractivity contribution in [3.05, 3.63) is 93.3 Å². The minimum atomic E-state index is -1.29. The molecule has 5 aromatic carbocycles. The molecule has 1 fully saturated rings. The molecule has 0 spiro atoms. The van der Waals surface area contributed by atoms with Crippen molar-refractivity contribution >= 4 is 77.7 Å². The summed E-state index contributed by atoms with van der Waals surface area (Å²) in [6, 6.07) is 5.26. The number of Topliss-reactive ketones (excluding diaryl/α,β-unsaturated/α-hetero) is 1. The standard InChI is InChI=1S/C36H25N3O12/c1-13-9-18-26(36(50)38(13)11-22(43)39-10-19(21(42)12-40)37-35(49)14(39)2)32(47)24-16(29(18)44)7-8-17-25(24)33(48)27-28(34(17)51-3)31(46)23-15(30(27)45)5-4-6-20(23)41/h4-9,12,14,19,45-46H,10-11H2,1-3H3,(H,37,49). The normalized spacial score (nSPS) is 16.3. The van der Waals surface area contributed by atoms with E-state index in [4.69, 9.17) is 4.74 Å². The van der Waals surface area contributed by atoms with Gasteiger partial charge in [-0.1, -0.05) is 12.1 Å². The molecule has 2 atom stereocenters. The number of aldehydes is 1. The Morgan fingerprint density at radius 3 is 2.20 bits per heavy atom. The highest BCUT2D eigenvalue weighted by atomic mass is 16.5. The van der Waals surface area contributed by atoms with Crippen molar-refractivity contribution < 1.29 is 34.1 Å². The molecular formula is C36H25N3O12. The summed E-state index contributed by atoms with van der Waals surface area (Å²) in [5, 5.41) is 21.6. The molecule has 1 aliphatic rings. The average molecular weight is 692 g/mol. The van der Waals surface area contributed by atoms with E-state index in [1.807, 2.05) is 0 Å². The third kappa shape index (κ3) is 4.47. The number of carbonyl (C=O) groups excluding carboxylic acids is 4. The molecule has 15 nitrogen and oxygen atoms in total. The molecule has 0 radical (unpaired) electrons. The molecule has 1 saturated heterocycles. The van der Waals surface area contributed by atoms with Gasteiger partial charge in [0.05, 0.1) is 28.7 Å². The lowest BCUT2D eigenvalue weighted by Crippen LogP contribution is -2.63. The van der Waals surface area contributed by atoms with Gasteiger partial charge in [-0.15, -0.1) is 0 Å². The van der Waals surface area contributed by atoms with Gasteiger partial charge < -0.3 is 29.7 Å². The SMILES string of the molecule is COc1c2ccc3c(=O)c4cc(C)n(CC(=O)N5CC(C(=O)C=O)NC(=O)C5C)c(=O)c4c(=O)c3c2c(=O)c2c(O)c3cccc(=O)c3c(O)c12. The van der Waals surface area contributed by atoms with Crippen LogP contribution < -0.4 is 37.3 Å². The second-order valence-corrected chi connectivity index (χ2v) is 12.3. The third-order valence-corrected chi connectivity index (χ3v) is 9.64. The maximum absolute atomic E-state index is 14.4. The fraction of sp³-hybridized carbons (Fsp3) is 0.194. The van der Waals surface area contributed by atoms with E-state index in [0.717, 1.165) is 15.5 Å². The first-order valence-corrected chi connectivity index (χ1v) is 15.5. The Balaban J connectivity index is 1.52. The van der Waals surface area contributed by atoms with Gasteiger partial charge in [-0.05, 0) is 38.1 Å². The van der Waals surface area contributed by atoms with Crippen LogP contribution in [0.5, 0.6) is 17.2 Å². The van der Waals surface area contributed by atoms with E-state index in [-0.39, 0.29) is 56.6 Å². The summed E-state index contributed by atoms with van der Waals surface area (Å²) in [6.45, 7) is 1.75. The van der Waals surface area contributed by atoms with Crippen LogP contribution in [-0.4, -0.2) is 69.3 Å². The Morgan fingerprint density at radius 1 is 0.843 bits per heavy atom. The quantitative estimate of drug-likeness (QED) is 0.0722. The molecule has 2 unspecified atom stereocenters. The summed E-state index contributed by atoms with van der Waals surface area (Å²) in [4.78, 5) is 119. The number of hydrogen-bond acceptors (Lipinski definition) is 12. The first-order chi connectivity index (χ1) is 24.2. The number of nitrogens with zero attached hydrogens (tertiary/aromatic N) is 2. The number of aromatic nitrogens is 1. The van der Waals surface area contributed by atoms with Crippen molar-refractivity contribution in [3.8, 4) is 17.2 Å². The number of phenols is 2. The van der Waals surface area contributed by atoms with Crippen molar-refractivity contribution in [2.45, 2.75) is 32.5 Å². The number of phenolic OH excluding ortho intramolecular Hbond substituents is 2. The lowest BCUT2D eigenvalue weighted by atomic mass is 9.92. The number of rotatable bonds is 5. The van der Waals surface area contributed by atoms with Crippen LogP contribution in [-0.2, 0) is 25.7 Å². The molecule has 0 aliphatic carbocycles. The molecule has 15 heteroatoms. The summed E-state index contributed by atoms with van der Waals surface area (Å²) >= 11 is 0. The molecule has 2 amide bonds. The molecule has 256 valence electrons. The van der Waals surface area contributed by atoms with Crippen molar-refractivity contribution in [3.63, 3.8) is 0 Å². The van der Waals surface area contributed by atoms with Crippen molar-refractivity contribution in [1.82, 2.24) is 14.8 Å². The number of amides is 2. The van der Waals surface area contributed by atoms with Gasteiger partial charge in [0, 0.05) is 44.6 Å². The van der Waals surface area contributed by atoms with E-state index in [9.17, 15) is 53.4 Å². The van der Waals surface area contributed by atoms with Gasteiger partial charge in [-0.2, -0.15) is 0 Å². The zero-order valence-corrected chi connectivity index (χ0v) is 27.0. The number of benzene rings is 5. The molecule has 7 rings (SSSR count). The van der Waals surface area contributed by atoms with E-state index in [2.05, 4.69) is 5.32 Å². The van der Waals surface area contributed by atoms with E-state index in [0.29, 0.717) is 0 Å². The Hall–Kier alpha value is -6.77. The molecule has 3 N–H and O–H groups in total. The summed E-state index contributed by atoms with van der Waals surface area (Å²) in [6.07, 6.45) is 0.0200. The first kappa shape index (κ1) is 32.8. The summed E-state index contributed by atoms with van der Waals surface area (Å²) in [7, 11) is 1.20. The molecule has 0 saturated carbocycles. The maximum atomic E-state index is 14.4. The number of nitrogens with one attached hydrogen (secondary N) is 1. The molecular weight excluding hydrogens is 666 g/mol. The fourth-order valence-corrected chi connectivity index (χ4v) is 7.09. The van der Waals surface area contributed by atoms with Gasteiger partial charge >= 0.3 is 0 Å². The smallest absolute Gasteiger partial charge is 0.263 e. The lowest BCUT2D eigenvalue weighted by molar-refractivity contribution is -0.147. The minimum Gasteiger partial charge on any atom is -0.506 e. The Kier molecular flexibility index (Phi) is 7.32. The van der Waals surface area contributed by atoms with E-state index < -0.39 is 96.5 Å². The number of ether oxygens (including phenoxy) is 1. The molecule has 1 aromatic heterocycles. The number of ketones is 1. The largest absolute Gasteiger partial charge is 0.506 e. The van der Waals surface area contributed by atoms with E-state index in [1.54, 1.807) is 0 Å². The number of carbonyl (C=O) groups is 4. The number of hydrogen-bond donors (Lipinski definition) is 3. The number of piperazine rings is 1. The second kappa shape index (κ2) is 11.4. The van der Waals surface area contributed by atoms with Gasteiger partial charge in [0.1, 0.15) is 35.9 Å². The Morgan fingerprint density at radius 2 is 1.51 bits per heavy atom. The van der Waals surface area contributed by atoms with Crippen LogP contribution >= 0.6 is 0 Å². The van der Waals surface area contributed by atoms with E-state index in [1.165, 1.54) is 51.3 Å². The first-order valence-electron chi connectivity index (χ1n) is 15.5. The van der Waals surface area contributed by atoms with Crippen LogP contribution in [0, 0.1) is 6.92 Å². The average Bonchev–Trinajstić information content (AvgIpc) is 3.11. The van der Waals surface area contributed by atoms with Crippen LogP contribution in [0.4, 0.5) is 0 Å². The van der Waals surface area contributed by atoms with Crippen LogP contribution in [0.2, 0.25) is 0 Å². The number of pyridine rings is 1. The molecule has 1 aliphatic heterocycles. The zero-order valence-electron chi connectivity index (χ0n) is 27.0. The van der Waals surface area contributed by atoms with Crippen LogP contribution in [0.25, 0.3) is 53.9 Å². The van der Waals surface area contributed by atoms with Crippen LogP contribution in [0.3, 0.4) is 0 Å². The fourth-order valence-electron chi connectivity index (χ4n) is 7.09. The molecule has 6 aromatic rings. The monoisotopic (exact) mass is 691 g/mol. The van der Waals surface area contributed by atoms with Gasteiger partial charge in [-0.25, -0.2) is 0 Å². The van der Waals surface area contributed by atoms with Gasteiger partial charge in [0.15, 0.2) is 22.6 Å². The Labute approximate surface area is 283 Å². The second-order valence-electron chi connectivity index (χ2n) is 12.3. The van der Waals surface area contributed by atoms with Crippen LogP contribution in [0.1, 0.15) is 12.6 Å². The molecule has 0 bridgehead atoms. The predicted octanol–water partition coefficient (Wildman–Crippen LogP) is 0.142. The topological polar surface area (TPSA) is 224 Å². The van der Waals surface area contributed by atoms with Gasteiger partial charge in [0.2, 0.25) is 23.0 Å². The highest BCUT2D eigenvalue weighted by molar-refractivity contribution is 6.28. The summed E-state index contributed by atoms with van der Waals surface area (Å²) in [5.41, 5.74) is -4.40. The van der Waals surface area contributed by atoms with E-state index >= 15 is 0 Å². The van der Waals surface area contributed by atoms with Gasteiger partial charge in [0.25, 0.3) is 5.56 Å². The number of aryl methyl sites for hydroxylation is 1. The van der Waals surface area contributed by atoms with Crippen molar-refractivity contribution in [2.75, 3.05) is 13.7 Å². The summed E-state index contributed by atoms with van der Waals surface area (Å²) in [5.74, 6) is -3.97. The minimum absolute atomic E-state index is 0.0200. The van der Waals surface area contributed by atoms with Crippen molar-refractivity contribution in [2.24, 2.45) is 0 Å². The van der Waals surface area contributed by atoms with Crippen molar-refractivity contribution in [1.29, 1.82) is 0 Å². The maximum Gasteiger partial charge on any atom is 0.263 e. The number of fused-ring (bicyclic) bond motifs is 6. The third-order valence-electron chi connectivity index (χ3n) is 9.64. The highest BCUT2D eigenvalue weighted by Crippen LogP contribution is 2.46. The highest BCUT2D eigenvalue weighted by Gasteiger charge is 2.37. The molecule has 2 heterocycles. The Bertz CT molecular complexity index is 2920. The van der Waals surface area contributed by atoms with Crippen LogP contribution in [0.15, 0.2) is 60.4 Å². The summed E-state index contributed by atoms with van der Waals surface area (Å²) < 4.78 is 6.48. The zero-order chi connectivity index (χ0) is 36.8. The lowest BCUT2D eigenvalue weighted by Gasteiger charge is -2.36. The number of aromatic hydroxyl groups is 2. The molecule has 51 heavy (non-hydrogen) atoms. The number of methoxy groups -OCH3 is 1.